The van der Waals surface area contributed by atoms with Gasteiger partial charge in [0.25, 0.3) is 5.91 Å². The Morgan fingerprint density at radius 3 is 2.59 bits per heavy atom. The van der Waals surface area contributed by atoms with E-state index in [4.69, 9.17) is 0 Å². The lowest BCUT2D eigenvalue weighted by atomic mass is 10.0. The van der Waals surface area contributed by atoms with Crippen LogP contribution in [0, 0.1) is 12.8 Å². The molecule has 1 amide bonds. The zero-order valence-electron chi connectivity index (χ0n) is 10.9. The van der Waals surface area contributed by atoms with Crippen molar-refractivity contribution in [2.24, 2.45) is 5.92 Å². The Morgan fingerprint density at radius 1 is 1.41 bits per heavy atom. The molecule has 0 spiro atoms. The first kappa shape index (κ1) is 14.2. The molecule has 0 heterocycles. The third kappa shape index (κ3) is 3.84. The van der Waals surface area contributed by atoms with E-state index in [9.17, 15) is 4.79 Å². The number of nitrogens with one attached hydrogen (secondary N) is 1. The summed E-state index contributed by atoms with van der Waals surface area (Å²) in [6.07, 6.45) is 0.951. The van der Waals surface area contributed by atoms with Gasteiger partial charge in [0.05, 0.1) is 5.56 Å². The number of carbonyl (C=O) groups excluding carboxylic acids is 1. The van der Waals surface area contributed by atoms with E-state index in [0.29, 0.717) is 11.5 Å². The molecule has 1 unspecified atom stereocenters. The van der Waals surface area contributed by atoms with Crippen molar-refractivity contribution in [3.05, 3.63) is 33.8 Å². The molecule has 1 rings (SSSR count). The number of benzene rings is 1. The van der Waals surface area contributed by atoms with Gasteiger partial charge in [-0.25, -0.2) is 0 Å². The standard InChI is InChI=1S/C14H20BrNO/c1-5-13(9(2)3)16-14(17)11-8-10(4)6-7-12(11)15/h6-9,13H,5H2,1-4H3,(H,16,17). The molecule has 0 aliphatic rings. The number of amides is 1. The maximum Gasteiger partial charge on any atom is 0.252 e. The minimum atomic E-state index is 0.00104. The van der Waals surface area contributed by atoms with E-state index in [1.165, 1.54) is 0 Å². The molecular formula is C14H20BrNO. The van der Waals surface area contributed by atoms with Gasteiger partial charge in [-0.1, -0.05) is 32.4 Å². The van der Waals surface area contributed by atoms with Crippen LogP contribution >= 0.6 is 15.9 Å². The highest BCUT2D eigenvalue weighted by Crippen LogP contribution is 2.18. The summed E-state index contributed by atoms with van der Waals surface area (Å²) in [5.41, 5.74) is 1.81. The van der Waals surface area contributed by atoms with E-state index < -0.39 is 0 Å². The van der Waals surface area contributed by atoms with Crippen LogP contribution in [-0.2, 0) is 0 Å². The summed E-state index contributed by atoms with van der Waals surface area (Å²) < 4.78 is 0.846. The van der Waals surface area contributed by atoms with Crippen LogP contribution in [0.25, 0.3) is 0 Å². The summed E-state index contributed by atoms with van der Waals surface area (Å²) in [5.74, 6) is 0.452. The zero-order valence-corrected chi connectivity index (χ0v) is 12.5. The fourth-order valence-electron chi connectivity index (χ4n) is 1.80. The van der Waals surface area contributed by atoms with E-state index in [0.717, 1.165) is 16.5 Å². The SMILES string of the molecule is CCC(NC(=O)c1cc(C)ccc1Br)C(C)C. The zero-order chi connectivity index (χ0) is 13.0. The second kappa shape index (κ2) is 6.20. The number of aryl methyl sites for hydroxylation is 1. The van der Waals surface area contributed by atoms with E-state index >= 15 is 0 Å². The molecule has 0 bridgehead atoms. The summed E-state index contributed by atoms with van der Waals surface area (Å²) in [6.45, 7) is 8.33. The molecule has 3 heteroatoms. The van der Waals surface area contributed by atoms with Crippen LogP contribution in [0.3, 0.4) is 0 Å². The molecule has 0 saturated carbocycles. The number of hydrogen-bond donors (Lipinski definition) is 1. The van der Waals surface area contributed by atoms with Crippen molar-refractivity contribution in [2.45, 2.75) is 40.2 Å². The number of halogens is 1. The van der Waals surface area contributed by atoms with Crippen molar-refractivity contribution in [1.82, 2.24) is 5.32 Å². The minimum Gasteiger partial charge on any atom is -0.349 e. The topological polar surface area (TPSA) is 29.1 Å². The van der Waals surface area contributed by atoms with Gasteiger partial charge in [-0.2, -0.15) is 0 Å². The predicted octanol–water partition coefficient (Wildman–Crippen LogP) is 3.92. The molecule has 0 aliphatic carbocycles. The second-order valence-electron chi connectivity index (χ2n) is 4.72. The molecule has 2 nitrogen and oxygen atoms in total. The van der Waals surface area contributed by atoms with Crippen molar-refractivity contribution in [2.75, 3.05) is 0 Å². The Hall–Kier alpha value is -0.830. The summed E-state index contributed by atoms with van der Waals surface area (Å²) in [4.78, 5) is 12.2. The molecule has 0 saturated heterocycles. The van der Waals surface area contributed by atoms with Gasteiger partial charge in [0, 0.05) is 10.5 Å². The van der Waals surface area contributed by atoms with Crippen molar-refractivity contribution < 1.29 is 4.79 Å². The van der Waals surface area contributed by atoms with Crippen LogP contribution in [0.5, 0.6) is 0 Å². The van der Waals surface area contributed by atoms with Gasteiger partial charge in [0.1, 0.15) is 0 Å². The van der Waals surface area contributed by atoms with Gasteiger partial charge in [0.2, 0.25) is 0 Å². The maximum absolute atomic E-state index is 12.2. The van der Waals surface area contributed by atoms with Crippen LogP contribution in [-0.4, -0.2) is 11.9 Å². The lowest BCUT2D eigenvalue weighted by Crippen LogP contribution is -2.38. The molecule has 1 aromatic rings. The first-order valence-corrected chi connectivity index (χ1v) is 6.82. The van der Waals surface area contributed by atoms with Gasteiger partial charge in [-0.3, -0.25) is 4.79 Å². The van der Waals surface area contributed by atoms with E-state index in [-0.39, 0.29) is 11.9 Å². The fourth-order valence-corrected chi connectivity index (χ4v) is 2.23. The van der Waals surface area contributed by atoms with Crippen molar-refractivity contribution in [3.8, 4) is 0 Å². The summed E-state index contributed by atoms with van der Waals surface area (Å²) in [7, 11) is 0. The van der Waals surface area contributed by atoms with Crippen LogP contribution in [0.1, 0.15) is 43.1 Å². The monoisotopic (exact) mass is 297 g/mol. The molecule has 0 aliphatic heterocycles. The number of rotatable bonds is 4. The normalized spacial score (nSPS) is 12.6. The molecule has 1 N–H and O–H groups in total. The predicted molar refractivity (Wildman–Crippen MR) is 75.3 cm³/mol. The Balaban J connectivity index is 2.86. The molecule has 17 heavy (non-hydrogen) atoms. The summed E-state index contributed by atoms with van der Waals surface area (Å²) in [5, 5.41) is 3.08. The van der Waals surface area contributed by atoms with Crippen molar-refractivity contribution >= 4 is 21.8 Å². The van der Waals surface area contributed by atoms with E-state index in [2.05, 4.69) is 42.0 Å². The quantitative estimate of drug-likeness (QED) is 0.896. The van der Waals surface area contributed by atoms with Crippen molar-refractivity contribution in [3.63, 3.8) is 0 Å². The molecule has 0 radical (unpaired) electrons. The average Bonchev–Trinajstić information content (AvgIpc) is 2.28. The third-order valence-electron chi connectivity index (χ3n) is 2.93. The highest BCUT2D eigenvalue weighted by molar-refractivity contribution is 9.10. The minimum absolute atomic E-state index is 0.00104. The van der Waals surface area contributed by atoms with Crippen LogP contribution in [0.4, 0.5) is 0 Å². The van der Waals surface area contributed by atoms with Crippen LogP contribution < -0.4 is 5.32 Å². The lowest BCUT2D eigenvalue weighted by molar-refractivity contribution is 0.0923. The van der Waals surface area contributed by atoms with Crippen LogP contribution in [0.2, 0.25) is 0 Å². The maximum atomic E-state index is 12.2. The smallest absolute Gasteiger partial charge is 0.252 e. The Kier molecular flexibility index (Phi) is 5.19. The Morgan fingerprint density at radius 2 is 2.06 bits per heavy atom. The molecule has 0 aromatic heterocycles. The molecule has 1 atom stereocenters. The van der Waals surface area contributed by atoms with Gasteiger partial charge in [-0.15, -0.1) is 0 Å². The Labute approximate surface area is 112 Å². The summed E-state index contributed by atoms with van der Waals surface area (Å²) in [6, 6.07) is 6.04. The van der Waals surface area contributed by atoms with Crippen LogP contribution in [0.15, 0.2) is 22.7 Å². The summed E-state index contributed by atoms with van der Waals surface area (Å²) >= 11 is 3.42. The highest BCUT2D eigenvalue weighted by Gasteiger charge is 2.16. The van der Waals surface area contributed by atoms with Gasteiger partial charge < -0.3 is 5.32 Å². The largest absolute Gasteiger partial charge is 0.349 e. The first-order chi connectivity index (χ1) is 7.95. The molecule has 94 valence electrons. The molecule has 1 aromatic carbocycles. The molecular weight excluding hydrogens is 278 g/mol. The first-order valence-electron chi connectivity index (χ1n) is 6.02. The van der Waals surface area contributed by atoms with Gasteiger partial charge in [0.15, 0.2) is 0 Å². The fraction of sp³-hybridized carbons (Fsp3) is 0.500. The lowest BCUT2D eigenvalue weighted by Gasteiger charge is -2.21. The second-order valence-corrected chi connectivity index (χ2v) is 5.57. The average molecular weight is 298 g/mol. The van der Waals surface area contributed by atoms with Crippen molar-refractivity contribution in [1.29, 1.82) is 0 Å². The highest BCUT2D eigenvalue weighted by atomic mass is 79.9. The van der Waals surface area contributed by atoms with E-state index in [1.807, 2.05) is 25.1 Å². The number of carbonyl (C=O) groups is 1. The van der Waals surface area contributed by atoms with Gasteiger partial charge >= 0.3 is 0 Å². The molecule has 0 fully saturated rings. The Bertz CT molecular complexity index is 401. The van der Waals surface area contributed by atoms with E-state index in [1.54, 1.807) is 0 Å². The van der Waals surface area contributed by atoms with Gasteiger partial charge in [-0.05, 0) is 47.3 Å². The third-order valence-corrected chi connectivity index (χ3v) is 3.62. The number of hydrogen-bond acceptors (Lipinski definition) is 1.